The molecule has 1 aliphatic heterocycles. The van der Waals surface area contributed by atoms with Crippen molar-refractivity contribution in [3.63, 3.8) is 0 Å². The molecule has 1 fully saturated rings. The molecule has 7 heteroatoms. The number of nitrogens with zero attached hydrogens (tertiary/aromatic N) is 2. The molecule has 0 bridgehead atoms. The van der Waals surface area contributed by atoms with Crippen LogP contribution < -0.4 is 11.1 Å². The third-order valence-corrected chi connectivity index (χ3v) is 3.22. The van der Waals surface area contributed by atoms with Gasteiger partial charge in [-0.15, -0.1) is 12.4 Å². The van der Waals surface area contributed by atoms with Crippen LogP contribution >= 0.6 is 12.4 Å². The van der Waals surface area contributed by atoms with E-state index in [9.17, 15) is 4.79 Å². The maximum Gasteiger partial charge on any atom is 0.240 e. The van der Waals surface area contributed by atoms with Crippen LogP contribution in [0.3, 0.4) is 0 Å². The lowest BCUT2D eigenvalue weighted by Crippen LogP contribution is -2.33. The average molecular weight is 303 g/mol. The highest BCUT2D eigenvalue weighted by atomic mass is 35.5. The number of nitrogens with one attached hydrogen (secondary N) is 1. The quantitative estimate of drug-likeness (QED) is 0.881. The molecular weight excluding hydrogens is 280 g/mol. The van der Waals surface area contributed by atoms with Gasteiger partial charge in [0.2, 0.25) is 11.8 Å². The van der Waals surface area contributed by atoms with Gasteiger partial charge >= 0.3 is 0 Å². The van der Waals surface area contributed by atoms with Gasteiger partial charge in [-0.05, 0) is 6.42 Å². The molecule has 1 unspecified atom stereocenters. The van der Waals surface area contributed by atoms with Crippen molar-refractivity contribution in [2.75, 3.05) is 25.0 Å². The first kappa shape index (κ1) is 16.9. The number of hydrogen-bond donors (Lipinski definition) is 2. The van der Waals surface area contributed by atoms with Crippen molar-refractivity contribution in [3.8, 4) is 0 Å². The number of carbonyl (C=O) groups is 1. The fourth-order valence-corrected chi connectivity index (χ4v) is 2.07. The van der Waals surface area contributed by atoms with Gasteiger partial charge in [0.05, 0.1) is 12.2 Å². The van der Waals surface area contributed by atoms with Crippen LogP contribution in [-0.4, -0.2) is 41.6 Å². The van der Waals surface area contributed by atoms with E-state index in [1.165, 1.54) is 0 Å². The van der Waals surface area contributed by atoms with E-state index in [2.05, 4.69) is 10.5 Å². The first-order valence-electron chi connectivity index (χ1n) is 6.59. The molecule has 1 aromatic heterocycles. The van der Waals surface area contributed by atoms with Crippen molar-refractivity contribution in [2.45, 2.75) is 38.6 Å². The Balaban J connectivity index is 0.00000200. The van der Waals surface area contributed by atoms with E-state index in [1.807, 2.05) is 25.7 Å². The van der Waals surface area contributed by atoms with Crippen LogP contribution in [0.15, 0.2) is 10.6 Å². The van der Waals surface area contributed by atoms with Crippen LogP contribution in [0.5, 0.6) is 0 Å². The number of carbonyl (C=O) groups excluding carboxylic acids is 1. The molecule has 1 amide bonds. The van der Waals surface area contributed by atoms with E-state index in [0.717, 1.165) is 25.2 Å². The van der Waals surface area contributed by atoms with Gasteiger partial charge in [0.25, 0.3) is 0 Å². The van der Waals surface area contributed by atoms with Crippen LogP contribution in [0.1, 0.15) is 32.9 Å². The molecule has 0 spiro atoms. The summed E-state index contributed by atoms with van der Waals surface area (Å²) in [6, 6.07) is 1.96. The lowest BCUT2D eigenvalue weighted by Gasteiger charge is -2.13. The second-order valence-corrected chi connectivity index (χ2v) is 6.16. The fraction of sp³-hybridized carbons (Fsp3) is 0.692. The molecule has 2 rings (SSSR count). The third kappa shape index (κ3) is 4.47. The molecule has 1 saturated heterocycles. The summed E-state index contributed by atoms with van der Waals surface area (Å²) in [6.45, 7) is 8.13. The van der Waals surface area contributed by atoms with Gasteiger partial charge in [0, 0.05) is 30.6 Å². The third-order valence-electron chi connectivity index (χ3n) is 3.22. The lowest BCUT2D eigenvalue weighted by molar-refractivity contribution is -0.117. The highest BCUT2D eigenvalue weighted by Gasteiger charge is 2.23. The van der Waals surface area contributed by atoms with Crippen LogP contribution in [0.4, 0.5) is 5.88 Å². The first-order chi connectivity index (χ1) is 8.84. The molecule has 0 aromatic carbocycles. The van der Waals surface area contributed by atoms with E-state index in [1.54, 1.807) is 6.07 Å². The molecule has 1 atom stereocenters. The van der Waals surface area contributed by atoms with Gasteiger partial charge < -0.3 is 10.3 Å². The van der Waals surface area contributed by atoms with Crippen molar-refractivity contribution in [3.05, 3.63) is 11.8 Å². The highest BCUT2D eigenvalue weighted by molar-refractivity contribution is 5.91. The summed E-state index contributed by atoms with van der Waals surface area (Å²) in [6.07, 6.45) is 0.948. The molecule has 20 heavy (non-hydrogen) atoms. The molecule has 6 nitrogen and oxygen atoms in total. The number of hydrogen-bond acceptors (Lipinski definition) is 5. The largest absolute Gasteiger partial charge is 0.338 e. The maximum atomic E-state index is 11.9. The average Bonchev–Trinajstić information content (AvgIpc) is 2.87. The van der Waals surface area contributed by atoms with Crippen LogP contribution in [0, 0.1) is 0 Å². The Kier molecular flexibility index (Phi) is 5.56. The van der Waals surface area contributed by atoms with Crippen LogP contribution in [-0.2, 0) is 10.2 Å². The van der Waals surface area contributed by atoms with Gasteiger partial charge in [-0.1, -0.05) is 25.9 Å². The fourth-order valence-electron chi connectivity index (χ4n) is 2.07. The topological polar surface area (TPSA) is 84.4 Å². The number of nitrogens with two attached hydrogens (primary N) is 1. The van der Waals surface area contributed by atoms with Crippen molar-refractivity contribution in [2.24, 2.45) is 5.73 Å². The van der Waals surface area contributed by atoms with Crippen molar-refractivity contribution in [1.29, 1.82) is 0 Å². The predicted molar refractivity (Wildman–Crippen MR) is 80.1 cm³/mol. The summed E-state index contributed by atoms with van der Waals surface area (Å²) in [7, 11) is 0. The van der Waals surface area contributed by atoms with E-state index in [-0.39, 0.29) is 29.8 Å². The minimum absolute atomic E-state index is 0. The smallest absolute Gasteiger partial charge is 0.240 e. The number of rotatable bonds is 3. The van der Waals surface area contributed by atoms with Crippen LogP contribution in [0.25, 0.3) is 0 Å². The molecule has 0 radical (unpaired) electrons. The number of amides is 1. The van der Waals surface area contributed by atoms with Gasteiger partial charge in [0.1, 0.15) is 0 Å². The Labute approximate surface area is 125 Å². The van der Waals surface area contributed by atoms with Gasteiger partial charge in [-0.2, -0.15) is 0 Å². The zero-order valence-corrected chi connectivity index (χ0v) is 13.0. The lowest BCUT2D eigenvalue weighted by atomic mass is 9.92. The summed E-state index contributed by atoms with van der Waals surface area (Å²) in [5, 5.41) is 6.69. The van der Waals surface area contributed by atoms with Crippen molar-refractivity contribution < 1.29 is 9.32 Å². The summed E-state index contributed by atoms with van der Waals surface area (Å²) in [4.78, 5) is 13.9. The maximum absolute atomic E-state index is 11.9. The van der Waals surface area contributed by atoms with E-state index >= 15 is 0 Å². The van der Waals surface area contributed by atoms with Gasteiger partial charge in [-0.3, -0.25) is 15.0 Å². The predicted octanol–water partition coefficient (Wildman–Crippen LogP) is 1.37. The van der Waals surface area contributed by atoms with Crippen molar-refractivity contribution >= 4 is 24.2 Å². The number of aromatic nitrogens is 1. The van der Waals surface area contributed by atoms with Gasteiger partial charge in [0.15, 0.2) is 0 Å². The summed E-state index contributed by atoms with van der Waals surface area (Å²) >= 11 is 0. The molecule has 2 heterocycles. The zero-order valence-electron chi connectivity index (χ0n) is 12.2. The molecule has 1 aliphatic rings. The Hall–Kier alpha value is -1.11. The number of likely N-dealkylation sites (tertiary alicyclic amines) is 1. The number of anilines is 1. The minimum atomic E-state index is -0.0919. The van der Waals surface area contributed by atoms with E-state index in [0.29, 0.717) is 12.4 Å². The summed E-state index contributed by atoms with van der Waals surface area (Å²) in [5.74, 6) is 0.309. The van der Waals surface area contributed by atoms with Crippen LogP contribution in [0.2, 0.25) is 0 Å². The Morgan fingerprint density at radius 1 is 1.60 bits per heavy atom. The molecule has 114 valence electrons. The molecule has 0 saturated carbocycles. The highest BCUT2D eigenvalue weighted by Crippen LogP contribution is 2.23. The normalized spacial score (nSPS) is 19.7. The van der Waals surface area contributed by atoms with Crippen molar-refractivity contribution in [1.82, 2.24) is 10.1 Å². The van der Waals surface area contributed by atoms with E-state index < -0.39 is 0 Å². The molecule has 3 N–H and O–H groups in total. The molecule has 1 aromatic rings. The molecular formula is C13H23ClN4O2. The second-order valence-electron chi connectivity index (χ2n) is 6.16. The SMILES string of the molecule is CC(C)(C)c1cc(NC(=O)CN2CCC(N)C2)on1.Cl. The molecule has 0 aliphatic carbocycles. The Morgan fingerprint density at radius 3 is 2.80 bits per heavy atom. The summed E-state index contributed by atoms with van der Waals surface area (Å²) < 4.78 is 5.12. The minimum Gasteiger partial charge on any atom is -0.338 e. The zero-order chi connectivity index (χ0) is 14.0. The monoisotopic (exact) mass is 302 g/mol. The Bertz CT molecular complexity index is 455. The standard InChI is InChI=1S/C13H22N4O2.ClH/c1-13(2,3)10-6-12(19-16-10)15-11(18)8-17-5-4-9(14)7-17;/h6,9H,4-5,7-8,14H2,1-3H3,(H,15,18);1H. The first-order valence-corrected chi connectivity index (χ1v) is 6.59. The summed E-state index contributed by atoms with van der Waals surface area (Å²) in [5.41, 5.74) is 6.54. The Morgan fingerprint density at radius 2 is 2.30 bits per heavy atom. The van der Waals surface area contributed by atoms with Gasteiger partial charge in [-0.25, -0.2) is 0 Å². The number of halogens is 1. The van der Waals surface area contributed by atoms with E-state index in [4.69, 9.17) is 10.3 Å². The second kappa shape index (κ2) is 6.56.